The third kappa shape index (κ3) is 5.96. The van der Waals surface area contributed by atoms with Crippen LogP contribution in [0.15, 0.2) is 53.4 Å². The number of amides is 1. The van der Waals surface area contributed by atoms with Crippen LogP contribution < -0.4 is 4.18 Å². The van der Waals surface area contributed by atoms with E-state index >= 15 is 0 Å². The van der Waals surface area contributed by atoms with E-state index in [0.29, 0.717) is 11.6 Å². The molecule has 0 aliphatic rings. The van der Waals surface area contributed by atoms with Gasteiger partial charge in [-0.25, -0.2) is 0 Å². The summed E-state index contributed by atoms with van der Waals surface area (Å²) in [5.74, 6) is -0.171. The van der Waals surface area contributed by atoms with Crippen molar-refractivity contribution in [3.63, 3.8) is 0 Å². The predicted molar refractivity (Wildman–Crippen MR) is 102 cm³/mol. The molecular formula is C20H22F3NO4S. The normalized spacial score (nSPS) is 13.0. The number of halogens is 3. The van der Waals surface area contributed by atoms with Crippen LogP contribution >= 0.6 is 0 Å². The molecule has 0 saturated carbocycles. The van der Waals surface area contributed by atoms with Gasteiger partial charge in [-0.1, -0.05) is 25.1 Å². The van der Waals surface area contributed by atoms with Crippen LogP contribution in [-0.2, 0) is 27.6 Å². The minimum absolute atomic E-state index is 0.00841. The number of rotatable bonds is 7. The average Bonchev–Trinajstić information content (AvgIpc) is 2.64. The van der Waals surface area contributed by atoms with E-state index in [0.717, 1.165) is 24.6 Å². The van der Waals surface area contributed by atoms with Crippen molar-refractivity contribution in [1.82, 2.24) is 4.90 Å². The fourth-order valence-electron chi connectivity index (χ4n) is 2.69. The maximum absolute atomic E-state index is 12.8. The molecule has 0 aromatic heterocycles. The van der Waals surface area contributed by atoms with Gasteiger partial charge in [-0.05, 0) is 49.2 Å². The Balaban J connectivity index is 2.26. The van der Waals surface area contributed by atoms with Crippen LogP contribution in [0.1, 0.15) is 38.3 Å². The van der Waals surface area contributed by atoms with Crippen LogP contribution in [0, 0.1) is 0 Å². The molecule has 5 nitrogen and oxygen atoms in total. The van der Waals surface area contributed by atoms with Crippen molar-refractivity contribution < 1.29 is 30.6 Å². The first-order chi connectivity index (χ1) is 13.4. The van der Waals surface area contributed by atoms with Crippen LogP contribution in [-0.4, -0.2) is 25.3 Å². The summed E-state index contributed by atoms with van der Waals surface area (Å²) in [4.78, 5) is 12.9. The van der Waals surface area contributed by atoms with Crippen molar-refractivity contribution in [2.45, 2.75) is 50.9 Å². The van der Waals surface area contributed by atoms with E-state index in [1.165, 1.54) is 19.1 Å². The molecule has 29 heavy (non-hydrogen) atoms. The summed E-state index contributed by atoms with van der Waals surface area (Å²) in [6.45, 7) is 5.55. The zero-order valence-electron chi connectivity index (χ0n) is 16.2. The van der Waals surface area contributed by atoms with Gasteiger partial charge >= 0.3 is 16.3 Å². The Morgan fingerprint density at radius 2 is 1.79 bits per heavy atom. The van der Waals surface area contributed by atoms with E-state index < -0.39 is 26.8 Å². The lowest BCUT2D eigenvalue weighted by molar-refractivity contribution is -0.137. The molecule has 0 N–H and O–H groups in total. The first kappa shape index (κ1) is 22.7. The summed E-state index contributed by atoms with van der Waals surface area (Å²) in [7, 11) is -4.46. The molecule has 0 heterocycles. The van der Waals surface area contributed by atoms with Crippen molar-refractivity contribution >= 4 is 16.0 Å². The maximum atomic E-state index is 12.8. The fraction of sp³-hybridized carbons (Fsp3) is 0.350. The third-order valence-corrected chi connectivity index (χ3v) is 5.68. The second-order valence-electron chi connectivity index (χ2n) is 6.61. The van der Waals surface area contributed by atoms with E-state index in [1.807, 2.05) is 13.8 Å². The molecule has 9 heteroatoms. The second kappa shape index (κ2) is 8.86. The zero-order chi connectivity index (χ0) is 21.8. The van der Waals surface area contributed by atoms with E-state index in [9.17, 15) is 26.4 Å². The van der Waals surface area contributed by atoms with Crippen LogP contribution in [0.25, 0.3) is 0 Å². The number of carbonyl (C=O) groups is 1. The molecule has 0 aliphatic carbocycles. The van der Waals surface area contributed by atoms with Gasteiger partial charge in [-0.15, -0.1) is 0 Å². The van der Waals surface area contributed by atoms with Gasteiger partial charge in [0.2, 0.25) is 5.91 Å². The van der Waals surface area contributed by atoms with E-state index in [-0.39, 0.29) is 24.2 Å². The third-order valence-electron chi connectivity index (χ3n) is 4.43. The highest BCUT2D eigenvalue weighted by Crippen LogP contribution is 2.31. The fourth-order valence-corrected chi connectivity index (χ4v) is 3.66. The smallest absolute Gasteiger partial charge is 0.379 e. The second-order valence-corrected chi connectivity index (χ2v) is 8.16. The molecule has 0 aliphatic heterocycles. The van der Waals surface area contributed by atoms with Crippen molar-refractivity contribution in [2.75, 3.05) is 0 Å². The standard InChI is InChI=1S/C20H22F3NO4S/c1-4-14(2)24(15(3)25)13-16-7-5-9-18(11-16)28-29(26,27)19-10-6-8-17(12-19)20(21,22)23/h5-12,14H,4,13H2,1-3H3/t14-/m1/s1. The van der Waals surface area contributed by atoms with Gasteiger partial charge in [-0.3, -0.25) is 4.79 Å². The molecule has 2 aromatic carbocycles. The minimum Gasteiger partial charge on any atom is -0.379 e. The first-order valence-corrected chi connectivity index (χ1v) is 10.3. The number of hydrogen-bond acceptors (Lipinski definition) is 4. The molecule has 1 atom stereocenters. The Bertz CT molecular complexity index is 974. The van der Waals surface area contributed by atoms with Crippen LogP contribution in [0.3, 0.4) is 0 Å². The molecule has 2 aromatic rings. The van der Waals surface area contributed by atoms with E-state index in [1.54, 1.807) is 17.0 Å². The molecule has 0 bridgehead atoms. The Hall–Kier alpha value is -2.55. The Morgan fingerprint density at radius 3 is 2.38 bits per heavy atom. The molecule has 0 fully saturated rings. The summed E-state index contributed by atoms with van der Waals surface area (Å²) < 4.78 is 68.4. The molecule has 0 radical (unpaired) electrons. The topological polar surface area (TPSA) is 63.7 Å². The molecule has 0 saturated heterocycles. The molecular weight excluding hydrogens is 407 g/mol. The van der Waals surface area contributed by atoms with Gasteiger partial charge in [-0.2, -0.15) is 21.6 Å². The summed E-state index contributed by atoms with van der Waals surface area (Å²) in [5.41, 5.74) is -0.446. The van der Waals surface area contributed by atoms with Gasteiger partial charge in [0.25, 0.3) is 0 Å². The van der Waals surface area contributed by atoms with Crippen molar-refractivity contribution in [2.24, 2.45) is 0 Å². The lowest BCUT2D eigenvalue weighted by Crippen LogP contribution is -2.36. The van der Waals surface area contributed by atoms with Crippen LogP contribution in [0.4, 0.5) is 13.2 Å². The summed E-state index contributed by atoms with van der Waals surface area (Å²) >= 11 is 0. The number of alkyl halides is 3. The van der Waals surface area contributed by atoms with Gasteiger partial charge in [0.1, 0.15) is 10.6 Å². The quantitative estimate of drug-likeness (QED) is 0.603. The largest absolute Gasteiger partial charge is 0.416 e. The van der Waals surface area contributed by atoms with Crippen LogP contribution in [0.5, 0.6) is 5.75 Å². The Kier molecular flexibility index (Phi) is 6.94. The summed E-state index contributed by atoms with van der Waals surface area (Å²) in [6.07, 6.45) is -3.92. The molecule has 158 valence electrons. The van der Waals surface area contributed by atoms with Crippen molar-refractivity contribution in [1.29, 1.82) is 0 Å². The predicted octanol–water partition coefficient (Wildman–Crippen LogP) is 4.62. The molecule has 0 unspecified atom stereocenters. The SMILES string of the molecule is CC[C@@H](C)N(Cc1cccc(OS(=O)(=O)c2cccc(C(F)(F)F)c2)c1)C(C)=O. The monoisotopic (exact) mass is 429 g/mol. The molecule has 2 rings (SSSR count). The van der Waals surface area contributed by atoms with Gasteiger partial charge in [0, 0.05) is 19.5 Å². The van der Waals surface area contributed by atoms with Gasteiger partial charge < -0.3 is 9.08 Å². The highest BCUT2D eigenvalue weighted by Gasteiger charge is 2.32. The Morgan fingerprint density at radius 1 is 1.14 bits per heavy atom. The number of hydrogen-bond donors (Lipinski definition) is 0. The number of carbonyl (C=O) groups excluding carboxylic acids is 1. The zero-order valence-corrected chi connectivity index (χ0v) is 17.0. The minimum atomic E-state index is -4.67. The van der Waals surface area contributed by atoms with E-state index in [4.69, 9.17) is 4.18 Å². The van der Waals surface area contributed by atoms with Crippen molar-refractivity contribution in [3.05, 3.63) is 59.7 Å². The highest BCUT2D eigenvalue weighted by atomic mass is 32.2. The highest BCUT2D eigenvalue weighted by molar-refractivity contribution is 7.87. The van der Waals surface area contributed by atoms with Gasteiger partial charge in [0.15, 0.2) is 0 Å². The van der Waals surface area contributed by atoms with Gasteiger partial charge in [0.05, 0.1) is 5.56 Å². The Labute approximate surface area is 168 Å². The lowest BCUT2D eigenvalue weighted by Gasteiger charge is -2.27. The van der Waals surface area contributed by atoms with Crippen molar-refractivity contribution in [3.8, 4) is 5.75 Å². The summed E-state index contributed by atoms with van der Waals surface area (Å²) in [6, 6.07) is 9.44. The summed E-state index contributed by atoms with van der Waals surface area (Å²) in [5, 5.41) is 0. The number of benzene rings is 2. The maximum Gasteiger partial charge on any atom is 0.416 e. The lowest BCUT2D eigenvalue weighted by atomic mass is 10.1. The molecule has 1 amide bonds. The number of nitrogens with zero attached hydrogens (tertiary/aromatic N) is 1. The van der Waals surface area contributed by atoms with E-state index in [2.05, 4.69) is 0 Å². The molecule has 0 spiro atoms. The van der Waals surface area contributed by atoms with Crippen LogP contribution in [0.2, 0.25) is 0 Å². The average molecular weight is 429 g/mol. The first-order valence-electron chi connectivity index (χ1n) is 8.92.